The van der Waals surface area contributed by atoms with Crippen LogP contribution in [0.2, 0.25) is 0 Å². The summed E-state index contributed by atoms with van der Waals surface area (Å²) in [5.74, 6) is 0. The first-order valence-corrected chi connectivity index (χ1v) is 13.5. The van der Waals surface area contributed by atoms with Gasteiger partial charge in [0.15, 0.2) is 11.6 Å². The first-order chi connectivity index (χ1) is 15.0. The number of rotatable bonds is 17. The van der Waals surface area contributed by atoms with Gasteiger partial charge in [-0.15, -0.1) is 0 Å². The highest BCUT2D eigenvalue weighted by atomic mass is 31.1. The smallest absolute Gasteiger partial charge is 0.240 e. The highest BCUT2D eigenvalue weighted by Gasteiger charge is 2.55. The third-order valence-electron chi connectivity index (χ3n) is 5.84. The molecule has 0 bridgehead atoms. The molecule has 32 heavy (non-hydrogen) atoms. The summed E-state index contributed by atoms with van der Waals surface area (Å²) in [5, 5.41) is -2.23. The fourth-order valence-corrected chi connectivity index (χ4v) is 6.70. The molecule has 0 aliphatic heterocycles. The maximum atomic E-state index is 15.5. The average molecular weight is 491 g/mol. The first kappa shape index (κ1) is 29.5. The molecule has 1 aliphatic rings. The summed E-state index contributed by atoms with van der Waals surface area (Å²) < 4.78 is 96.9. The van der Waals surface area contributed by atoms with Crippen LogP contribution in [0, 0.1) is 0 Å². The van der Waals surface area contributed by atoms with Crippen LogP contribution in [0.3, 0.4) is 0 Å². The van der Waals surface area contributed by atoms with E-state index in [2.05, 4.69) is 6.92 Å². The molecule has 0 nitrogen and oxygen atoms in total. The molecule has 0 amide bonds. The number of hydrogen-bond donors (Lipinski definition) is 0. The molecule has 0 aromatic rings. The van der Waals surface area contributed by atoms with Crippen molar-refractivity contribution in [1.82, 2.24) is 0 Å². The number of alkyl halides is 7. The Bertz CT molecular complexity index is 559. The van der Waals surface area contributed by atoms with Crippen LogP contribution in [0.25, 0.3) is 0 Å². The van der Waals surface area contributed by atoms with Crippen molar-refractivity contribution in [3.63, 3.8) is 0 Å². The third kappa shape index (κ3) is 11.0. The topological polar surface area (TPSA) is 0 Å². The maximum absolute atomic E-state index is 15.5. The molecule has 188 valence electrons. The summed E-state index contributed by atoms with van der Waals surface area (Å²) >= 11 is 0. The fraction of sp³-hybridized carbons (Fsp3) is 0.833. The lowest BCUT2D eigenvalue weighted by Gasteiger charge is -2.39. The summed E-state index contributed by atoms with van der Waals surface area (Å²) in [5.41, 5.74) is -3.77. The Morgan fingerprint density at radius 2 is 1.44 bits per heavy atom. The Morgan fingerprint density at radius 3 is 2.03 bits per heavy atom. The van der Waals surface area contributed by atoms with Gasteiger partial charge in [0.2, 0.25) is 0 Å². The quantitative estimate of drug-likeness (QED) is 0.108. The van der Waals surface area contributed by atoms with Gasteiger partial charge in [-0.05, 0) is 31.5 Å². The number of unbranched alkanes of at least 4 members (excludes halogenated alkanes) is 9. The molecule has 1 rings (SSSR count). The summed E-state index contributed by atoms with van der Waals surface area (Å²) in [4.78, 5) is 0. The summed E-state index contributed by atoms with van der Waals surface area (Å²) in [7, 11) is -2.58. The van der Waals surface area contributed by atoms with Gasteiger partial charge < -0.3 is 0 Å². The van der Waals surface area contributed by atoms with Gasteiger partial charge >= 0.3 is 6.18 Å². The van der Waals surface area contributed by atoms with Crippen LogP contribution >= 0.6 is 7.92 Å². The lowest BCUT2D eigenvalue weighted by atomic mass is 10.1. The zero-order valence-electron chi connectivity index (χ0n) is 19.1. The molecule has 1 aliphatic carbocycles. The molecule has 3 atom stereocenters. The van der Waals surface area contributed by atoms with Crippen LogP contribution in [0.5, 0.6) is 0 Å². The number of halogens is 7. The van der Waals surface area contributed by atoms with Crippen molar-refractivity contribution >= 4 is 7.92 Å². The van der Waals surface area contributed by atoms with Crippen LogP contribution in [0.1, 0.15) is 96.8 Å². The van der Waals surface area contributed by atoms with Gasteiger partial charge in [-0.25, -0.2) is 8.78 Å². The molecule has 0 saturated carbocycles. The van der Waals surface area contributed by atoms with Crippen LogP contribution in [0.15, 0.2) is 24.3 Å². The Balaban J connectivity index is 2.60. The zero-order valence-corrected chi connectivity index (χ0v) is 20.0. The van der Waals surface area contributed by atoms with Gasteiger partial charge in [-0.2, -0.15) is 22.0 Å². The molecule has 0 fully saturated rings. The summed E-state index contributed by atoms with van der Waals surface area (Å²) in [6.45, 7) is 2.11. The van der Waals surface area contributed by atoms with Crippen molar-refractivity contribution in [2.75, 3.05) is 6.16 Å². The molecule has 0 aromatic heterocycles. The zero-order chi connectivity index (χ0) is 24.1. The average Bonchev–Trinajstić information content (AvgIpc) is 2.71. The predicted molar refractivity (Wildman–Crippen MR) is 120 cm³/mol. The number of allylic oxidation sites excluding steroid dienone is 4. The molecule has 0 saturated heterocycles. The van der Waals surface area contributed by atoms with E-state index in [1.54, 1.807) is 6.08 Å². The van der Waals surface area contributed by atoms with Gasteiger partial charge in [0.1, 0.15) is 0 Å². The van der Waals surface area contributed by atoms with Crippen molar-refractivity contribution in [1.29, 1.82) is 0 Å². The second kappa shape index (κ2) is 14.6. The van der Waals surface area contributed by atoms with Gasteiger partial charge in [0.25, 0.3) is 5.66 Å². The molecule has 3 unspecified atom stereocenters. The van der Waals surface area contributed by atoms with E-state index in [4.69, 9.17) is 0 Å². The SMILES string of the molecule is CCCCCCCCCP(C1(F)C=CC=CC1)C(F)(F)C(F)CCCCCCC(F)(F)F. The van der Waals surface area contributed by atoms with Gasteiger partial charge in [-0.3, -0.25) is 0 Å². The van der Waals surface area contributed by atoms with Crippen molar-refractivity contribution < 1.29 is 30.7 Å². The summed E-state index contributed by atoms with van der Waals surface area (Å²) in [6.07, 6.45) is 4.26. The van der Waals surface area contributed by atoms with E-state index in [9.17, 15) is 17.6 Å². The van der Waals surface area contributed by atoms with Crippen molar-refractivity contribution in [3.8, 4) is 0 Å². The largest absolute Gasteiger partial charge is 0.389 e. The minimum Gasteiger partial charge on any atom is -0.240 e. The van der Waals surface area contributed by atoms with E-state index in [0.29, 0.717) is 6.42 Å². The van der Waals surface area contributed by atoms with Gasteiger partial charge in [-0.1, -0.05) is 82.9 Å². The highest BCUT2D eigenvalue weighted by molar-refractivity contribution is 7.60. The third-order valence-corrected chi connectivity index (χ3v) is 8.83. The van der Waals surface area contributed by atoms with Crippen molar-refractivity contribution in [3.05, 3.63) is 24.3 Å². The van der Waals surface area contributed by atoms with Crippen LogP contribution < -0.4 is 0 Å². The second-order valence-electron chi connectivity index (χ2n) is 8.71. The summed E-state index contributed by atoms with van der Waals surface area (Å²) in [6, 6.07) is 0. The van der Waals surface area contributed by atoms with Crippen molar-refractivity contribution in [2.45, 2.75) is 120 Å². The minimum absolute atomic E-state index is 0.0310. The van der Waals surface area contributed by atoms with E-state index in [0.717, 1.165) is 44.6 Å². The monoisotopic (exact) mass is 490 g/mol. The molecule has 0 N–H and O–H groups in total. The highest BCUT2D eigenvalue weighted by Crippen LogP contribution is 2.67. The Morgan fingerprint density at radius 1 is 0.844 bits per heavy atom. The van der Waals surface area contributed by atoms with E-state index in [-0.39, 0.29) is 38.3 Å². The van der Waals surface area contributed by atoms with Crippen LogP contribution in [0.4, 0.5) is 30.7 Å². The van der Waals surface area contributed by atoms with Crippen LogP contribution in [-0.2, 0) is 0 Å². The lowest BCUT2D eigenvalue weighted by Crippen LogP contribution is -2.37. The predicted octanol–water partition coefficient (Wildman–Crippen LogP) is 10.2. The maximum Gasteiger partial charge on any atom is 0.389 e. The normalized spacial score (nSPS) is 21.1. The minimum atomic E-state index is -4.24. The molecule has 0 spiro atoms. The van der Waals surface area contributed by atoms with Gasteiger partial charge in [0, 0.05) is 20.8 Å². The van der Waals surface area contributed by atoms with E-state index < -0.39 is 44.2 Å². The first-order valence-electron chi connectivity index (χ1n) is 11.9. The van der Waals surface area contributed by atoms with E-state index >= 15 is 13.2 Å². The Kier molecular flexibility index (Phi) is 13.5. The van der Waals surface area contributed by atoms with Crippen LogP contribution in [-0.4, -0.2) is 29.6 Å². The van der Waals surface area contributed by atoms with E-state index in [1.165, 1.54) is 12.2 Å². The fourth-order valence-electron chi connectivity index (χ4n) is 3.94. The molecule has 0 radical (unpaired) electrons. The Labute approximate surface area is 189 Å². The second-order valence-corrected chi connectivity index (χ2v) is 11.3. The molecule has 8 heteroatoms. The molecular formula is C24H38F7P. The lowest BCUT2D eigenvalue weighted by molar-refractivity contribution is -0.135. The van der Waals surface area contributed by atoms with Gasteiger partial charge in [0.05, 0.1) is 0 Å². The van der Waals surface area contributed by atoms with Crippen molar-refractivity contribution in [2.24, 2.45) is 0 Å². The number of hydrogen-bond acceptors (Lipinski definition) is 0. The van der Waals surface area contributed by atoms with E-state index in [1.807, 2.05) is 0 Å². The standard InChI is InChI=1S/C24H38F7P/c1-2-3-4-5-6-9-15-20-32(22(26)17-12-10-13-18-22)24(30,31)21(25)16-11-7-8-14-19-23(27,28)29/h10,12-13,17,21H,2-9,11,14-16,18-20H2,1H3. The molecule has 0 heterocycles. The molecule has 0 aromatic carbocycles. The molecular weight excluding hydrogens is 452 g/mol. The Hall–Kier alpha value is -0.580.